The van der Waals surface area contributed by atoms with Crippen molar-refractivity contribution in [3.8, 4) is 18.1 Å². The van der Waals surface area contributed by atoms with Crippen LogP contribution in [-0.4, -0.2) is 47.2 Å². The van der Waals surface area contributed by atoms with Gasteiger partial charge < -0.3 is 19.9 Å². The molecule has 0 saturated heterocycles. The zero-order valence-electron chi connectivity index (χ0n) is 19.6. The highest BCUT2D eigenvalue weighted by atomic mass is 16.6. The first-order chi connectivity index (χ1) is 16.0. The third-order valence-corrected chi connectivity index (χ3v) is 4.44. The topological polar surface area (TPSA) is 105 Å². The molecule has 8 heteroatoms. The predicted octanol–water partition coefficient (Wildman–Crippen LogP) is 4.42. The normalized spacial score (nSPS) is 10.9. The maximum Gasteiger partial charge on any atom is 0.411 e. The molecule has 0 bridgehead atoms. The summed E-state index contributed by atoms with van der Waals surface area (Å²) in [5.41, 5.74) is 0.851. The molecule has 2 N–H and O–H groups in total. The molecule has 2 aromatic rings. The third kappa shape index (κ3) is 7.71. The lowest BCUT2D eigenvalue weighted by atomic mass is 10.1. The fourth-order valence-electron chi connectivity index (χ4n) is 2.98. The summed E-state index contributed by atoms with van der Waals surface area (Å²) in [6.45, 7) is 5.49. The number of methoxy groups -OCH3 is 1. The van der Waals surface area contributed by atoms with Crippen LogP contribution in [0.1, 0.15) is 42.3 Å². The van der Waals surface area contributed by atoms with Crippen molar-refractivity contribution in [2.75, 3.05) is 19.0 Å². The van der Waals surface area contributed by atoms with Crippen LogP contribution in [0.5, 0.6) is 5.75 Å². The molecular formula is C26H28N2O6. The molecule has 0 aliphatic heterocycles. The molecule has 8 nitrogen and oxygen atoms in total. The number of hydrogen-bond donors (Lipinski definition) is 2. The van der Waals surface area contributed by atoms with Gasteiger partial charge in [-0.15, -0.1) is 6.42 Å². The van der Waals surface area contributed by atoms with Gasteiger partial charge in [-0.3, -0.25) is 9.69 Å². The van der Waals surface area contributed by atoms with Gasteiger partial charge in [-0.1, -0.05) is 24.1 Å². The second-order valence-corrected chi connectivity index (χ2v) is 8.29. The number of carboxylic acids is 1. The van der Waals surface area contributed by atoms with Crippen molar-refractivity contribution in [1.82, 2.24) is 4.90 Å². The van der Waals surface area contributed by atoms with Crippen molar-refractivity contribution in [2.45, 2.75) is 32.9 Å². The quantitative estimate of drug-likeness (QED) is 0.443. The van der Waals surface area contributed by atoms with Gasteiger partial charge in [0.05, 0.1) is 31.5 Å². The molecule has 0 unspecified atom stereocenters. The number of para-hydroxylation sites is 1. The van der Waals surface area contributed by atoms with Gasteiger partial charge in [-0.25, -0.2) is 9.59 Å². The minimum Gasteiger partial charge on any atom is -0.496 e. The Hall–Kier alpha value is -4.25. The molecule has 0 aliphatic rings. The van der Waals surface area contributed by atoms with E-state index in [9.17, 15) is 19.5 Å². The largest absolute Gasteiger partial charge is 0.496 e. The molecule has 2 aromatic carbocycles. The number of nitrogens with zero attached hydrogens (tertiary/aromatic N) is 1. The Bertz CT molecular complexity index is 1120. The first-order valence-corrected chi connectivity index (χ1v) is 10.4. The van der Waals surface area contributed by atoms with Crippen LogP contribution in [0.25, 0.3) is 6.08 Å². The SMILES string of the molecule is C#CCN(Cc1cc(/C=C/C(=O)Nc2ccccc2C(=O)O)ccc1OC)C(=O)OC(C)(C)C. The van der Waals surface area contributed by atoms with Crippen molar-refractivity contribution in [2.24, 2.45) is 0 Å². The highest BCUT2D eigenvalue weighted by Gasteiger charge is 2.22. The van der Waals surface area contributed by atoms with E-state index in [0.29, 0.717) is 16.9 Å². The maximum absolute atomic E-state index is 12.6. The first kappa shape index (κ1) is 26.0. The van der Waals surface area contributed by atoms with Crippen LogP contribution in [0, 0.1) is 12.3 Å². The van der Waals surface area contributed by atoms with Gasteiger partial charge in [0.15, 0.2) is 0 Å². The van der Waals surface area contributed by atoms with Gasteiger partial charge in [0, 0.05) is 11.6 Å². The second-order valence-electron chi connectivity index (χ2n) is 8.29. The van der Waals surface area contributed by atoms with Crippen LogP contribution >= 0.6 is 0 Å². The molecule has 0 atom stereocenters. The van der Waals surface area contributed by atoms with Crippen LogP contribution in [-0.2, 0) is 16.1 Å². The van der Waals surface area contributed by atoms with Crippen molar-refractivity contribution in [3.63, 3.8) is 0 Å². The number of carboxylic acid groups (broad SMARTS) is 1. The molecule has 0 aromatic heterocycles. The third-order valence-electron chi connectivity index (χ3n) is 4.44. The number of carbonyl (C=O) groups excluding carboxylic acids is 2. The smallest absolute Gasteiger partial charge is 0.411 e. The number of anilines is 1. The Morgan fingerprint density at radius 3 is 2.50 bits per heavy atom. The van der Waals surface area contributed by atoms with Gasteiger partial charge in [-0.05, 0) is 56.7 Å². The summed E-state index contributed by atoms with van der Waals surface area (Å²) in [7, 11) is 1.51. The Balaban J connectivity index is 2.21. The molecular weight excluding hydrogens is 436 g/mol. The Morgan fingerprint density at radius 1 is 1.18 bits per heavy atom. The minimum absolute atomic E-state index is 0.00766. The molecule has 0 radical (unpaired) electrons. The lowest BCUT2D eigenvalue weighted by Crippen LogP contribution is -2.36. The van der Waals surface area contributed by atoms with Crippen molar-refractivity contribution in [1.29, 1.82) is 0 Å². The molecule has 0 fully saturated rings. The van der Waals surface area contributed by atoms with Crippen LogP contribution < -0.4 is 10.1 Å². The maximum atomic E-state index is 12.6. The average Bonchev–Trinajstić information content (AvgIpc) is 2.76. The van der Waals surface area contributed by atoms with Gasteiger partial charge in [0.1, 0.15) is 11.4 Å². The molecule has 0 saturated carbocycles. The number of benzene rings is 2. The van der Waals surface area contributed by atoms with Crippen LogP contribution in [0.2, 0.25) is 0 Å². The standard InChI is InChI=1S/C26H28N2O6/c1-6-15-28(25(32)34-26(2,3)4)17-19-16-18(11-13-22(19)33-5)12-14-23(29)27-21-10-8-7-9-20(21)24(30)31/h1,7-14,16H,15,17H2,2-5H3,(H,27,29)(H,30,31)/b14-12+. The Labute approximate surface area is 199 Å². The lowest BCUT2D eigenvalue weighted by Gasteiger charge is -2.26. The monoisotopic (exact) mass is 464 g/mol. The van der Waals surface area contributed by atoms with E-state index in [0.717, 1.165) is 0 Å². The zero-order valence-corrected chi connectivity index (χ0v) is 19.6. The summed E-state index contributed by atoms with van der Waals surface area (Å²) in [4.78, 5) is 37.6. The summed E-state index contributed by atoms with van der Waals surface area (Å²) >= 11 is 0. The molecule has 178 valence electrons. The lowest BCUT2D eigenvalue weighted by molar-refractivity contribution is -0.111. The summed E-state index contributed by atoms with van der Waals surface area (Å²) < 4.78 is 10.8. The number of carbonyl (C=O) groups is 3. The van der Waals surface area contributed by atoms with Crippen molar-refractivity contribution >= 4 is 29.7 Å². The number of amides is 2. The van der Waals surface area contributed by atoms with E-state index in [4.69, 9.17) is 15.9 Å². The number of hydrogen-bond acceptors (Lipinski definition) is 5. The highest BCUT2D eigenvalue weighted by molar-refractivity contribution is 6.06. The number of rotatable bonds is 8. The molecule has 0 aliphatic carbocycles. The van der Waals surface area contributed by atoms with E-state index in [1.807, 2.05) is 0 Å². The van der Waals surface area contributed by atoms with Crippen LogP contribution in [0.3, 0.4) is 0 Å². The van der Waals surface area contributed by atoms with E-state index in [2.05, 4.69) is 11.2 Å². The van der Waals surface area contributed by atoms with E-state index < -0.39 is 23.6 Å². The highest BCUT2D eigenvalue weighted by Crippen LogP contribution is 2.23. The van der Waals surface area contributed by atoms with Crippen molar-refractivity contribution < 1.29 is 29.0 Å². The van der Waals surface area contributed by atoms with E-state index in [-0.39, 0.29) is 24.3 Å². The summed E-state index contributed by atoms with van der Waals surface area (Å²) in [5.74, 6) is 1.37. The zero-order chi connectivity index (χ0) is 25.3. The molecule has 0 heterocycles. The average molecular weight is 465 g/mol. The molecule has 2 rings (SSSR count). The molecule has 2 amide bonds. The van der Waals surface area contributed by atoms with E-state index in [1.165, 1.54) is 30.2 Å². The number of aromatic carboxylic acids is 1. The first-order valence-electron chi connectivity index (χ1n) is 10.4. The molecule has 34 heavy (non-hydrogen) atoms. The Morgan fingerprint density at radius 2 is 1.88 bits per heavy atom. The number of terminal acetylenes is 1. The second kappa shape index (κ2) is 11.6. The summed E-state index contributed by atoms with van der Waals surface area (Å²) in [5, 5.41) is 11.8. The van der Waals surface area contributed by atoms with Gasteiger partial charge in [0.2, 0.25) is 5.91 Å². The fourth-order valence-corrected chi connectivity index (χ4v) is 2.98. The van der Waals surface area contributed by atoms with E-state index >= 15 is 0 Å². The van der Waals surface area contributed by atoms with Crippen molar-refractivity contribution in [3.05, 3.63) is 65.2 Å². The van der Waals surface area contributed by atoms with Crippen LogP contribution in [0.15, 0.2) is 48.5 Å². The van der Waals surface area contributed by atoms with Gasteiger partial charge in [-0.2, -0.15) is 0 Å². The Kier molecular flexibility index (Phi) is 8.85. The van der Waals surface area contributed by atoms with Gasteiger partial charge in [0.25, 0.3) is 0 Å². The molecule has 0 spiro atoms. The predicted molar refractivity (Wildman–Crippen MR) is 130 cm³/mol. The van der Waals surface area contributed by atoms with Crippen LogP contribution in [0.4, 0.5) is 10.5 Å². The summed E-state index contributed by atoms with van der Waals surface area (Å²) in [6.07, 6.45) is 7.74. The number of ether oxygens (including phenoxy) is 2. The fraction of sp³-hybridized carbons (Fsp3) is 0.269. The van der Waals surface area contributed by atoms with E-state index in [1.54, 1.807) is 57.2 Å². The van der Waals surface area contributed by atoms with Gasteiger partial charge >= 0.3 is 12.1 Å². The minimum atomic E-state index is -1.14. The number of nitrogens with one attached hydrogen (secondary N) is 1. The summed E-state index contributed by atoms with van der Waals surface area (Å²) in [6, 6.07) is 11.4.